The van der Waals surface area contributed by atoms with Crippen molar-refractivity contribution in [2.75, 3.05) is 6.58 Å². The first-order valence-electron chi connectivity index (χ1n) is 5.75. The number of hydrogen-bond acceptors (Lipinski definition) is 2. The Morgan fingerprint density at radius 3 is 2.47 bits per heavy atom. The zero-order valence-electron chi connectivity index (χ0n) is 10.3. The molecular weight excluding hydrogens is 233 g/mol. The van der Waals surface area contributed by atoms with Crippen molar-refractivity contribution in [2.24, 2.45) is 0 Å². The smallest absolute Gasteiger partial charge is 0.381 e. The summed E-state index contributed by atoms with van der Waals surface area (Å²) in [6, 6.07) is 8.87. The highest BCUT2D eigenvalue weighted by molar-refractivity contribution is 5.14. The molecule has 1 rings (SSSR count). The molecule has 0 saturated heterocycles. The van der Waals surface area contributed by atoms with Gasteiger partial charge in [-0.25, -0.2) is 0 Å². The van der Waals surface area contributed by atoms with Gasteiger partial charge in [-0.05, 0) is 18.9 Å². The molecule has 0 saturated carbocycles. The van der Waals surface area contributed by atoms with E-state index in [1.165, 1.54) is 0 Å². The molecule has 2 nitrogen and oxygen atoms in total. The van der Waals surface area contributed by atoms with E-state index in [-0.39, 0.29) is 6.42 Å². The molecule has 0 aliphatic heterocycles. The normalized spacial score (nSPS) is 18.3. The van der Waals surface area contributed by atoms with Crippen molar-refractivity contribution in [2.45, 2.75) is 31.7 Å². The number of alkyl halides is 3. The first kappa shape index (κ1) is 12.4. The Balaban J connectivity index is 2.48. The molecule has 0 bridgehead atoms. The van der Waals surface area contributed by atoms with Crippen LogP contribution in [0.15, 0.2) is 30.3 Å². The Hall–Kier alpha value is -1.07. The molecule has 96 valence electrons. The molecule has 1 N–H and O–H groups in total. The van der Waals surface area contributed by atoms with Crippen LogP contribution in [0, 0.1) is 0 Å². The van der Waals surface area contributed by atoms with Crippen LogP contribution in [0.2, 0.25) is 0 Å². The molecule has 0 radical (unpaired) electrons. The number of hydrogen-bond donors (Lipinski definition) is 1. The van der Waals surface area contributed by atoms with Crippen molar-refractivity contribution in [1.82, 2.24) is 0 Å². The fourth-order valence-electron chi connectivity index (χ4n) is 1.25. The minimum atomic E-state index is -4.73. The number of halogens is 3. The van der Waals surface area contributed by atoms with Gasteiger partial charge < -0.3 is 9.84 Å². The van der Waals surface area contributed by atoms with Crippen molar-refractivity contribution in [3.63, 3.8) is 0 Å². The van der Waals surface area contributed by atoms with Gasteiger partial charge >= 0.3 is 6.18 Å². The van der Waals surface area contributed by atoms with E-state index in [0.29, 0.717) is 0 Å². The van der Waals surface area contributed by atoms with Crippen LogP contribution >= 0.6 is 0 Å². The van der Waals surface area contributed by atoms with Gasteiger partial charge in [-0.2, -0.15) is 13.2 Å². The largest absolute Gasteiger partial charge is 0.416 e. The number of benzene rings is 1. The lowest BCUT2D eigenvalue weighted by molar-refractivity contribution is -0.233. The molecule has 0 unspecified atom stereocenters. The number of rotatable bonds is 5. The van der Waals surface area contributed by atoms with Crippen LogP contribution in [0.4, 0.5) is 13.2 Å². The summed E-state index contributed by atoms with van der Waals surface area (Å²) in [5, 5.41) is 8.94. The Bertz CT molecular complexity index is 356. The lowest BCUT2D eigenvalue weighted by Crippen LogP contribution is -2.39. The molecule has 5 heteroatoms. The predicted octanol–water partition coefficient (Wildman–Crippen LogP) is 2.56. The maximum absolute atomic E-state index is 12.2. The molecular formula is C12H15F3O2. The van der Waals surface area contributed by atoms with Gasteiger partial charge in [0.15, 0.2) is 6.10 Å². The summed E-state index contributed by atoms with van der Waals surface area (Å²) in [5.41, 5.74) is 0.797. The minimum absolute atomic E-state index is 0.176. The molecule has 0 spiro atoms. The van der Waals surface area contributed by atoms with Crippen LogP contribution in [0.5, 0.6) is 0 Å². The van der Waals surface area contributed by atoms with Gasteiger partial charge in [0.05, 0.1) is 14.1 Å². The average molecular weight is 249 g/mol. The molecule has 17 heavy (non-hydrogen) atoms. The Kier molecular flexibility index (Phi) is 4.39. The zero-order chi connectivity index (χ0) is 13.8. The maximum Gasteiger partial charge on any atom is 0.416 e. The van der Waals surface area contributed by atoms with Crippen LogP contribution in [0.3, 0.4) is 0 Å². The highest BCUT2D eigenvalue weighted by Gasteiger charge is 2.42. The number of aliphatic hydroxyl groups is 1. The van der Waals surface area contributed by atoms with Crippen LogP contribution < -0.4 is 0 Å². The van der Waals surface area contributed by atoms with Gasteiger partial charge in [0.2, 0.25) is 0 Å². The molecule has 0 aliphatic carbocycles. The number of aryl methyl sites for hydroxylation is 1. The fourth-order valence-corrected chi connectivity index (χ4v) is 1.25. The third-order valence-electron chi connectivity index (χ3n) is 2.25. The molecule has 0 heterocycles. The van der Waals surface area contributed by atoms with E-state index in [2.05, 4.69) is 0 Å². The number of ether oxygens (including phenoxy) is 1. The van der Waals surface area contributed by atoms with E-state index in [9.17, 15) is 13.2 Å². The van der Waals surface area contributed by atoms with Gasteiger partial charge in [0.1, 0.15) is 0 Å². The van der Waals surface area contributed by atoms with Crippen molar-refractivity contribution in [3.05, 3.63) is 35.9 Å². The maximum atomic E-state index is 12.2. The Morgan fingerprint density at radius 1 is 1.35 bits per heavy atom. The molecule has 3 atom stereocenters. The van der Waals surface area contributed by atoms with Gasteiger partial charge in [0.25, 0.3) is 0 Å². The fraction of sp³-hybridized carbons (Fsp3) is 0.500. The van der Waals surface area contributed by atoms with Gasteiger partial charge in [0, 0.05) is 0 Å². The average Bonchev–Trinajstić information content (AvgIpc) is 2.27. The third-order valence-corrected chi connectivity index (χ3v) is 2.25. The van der Waals surface area contributed by atoms with E-state index in [1.807, 2.05) is 0 Å². The quantitative estimate of drug-likeness (QED) is 0.869. The first-order valence-corrected chi connectivity index (χ1v) is 5.17. The zero-order valence-corrected chi connectivity index (χ0v) is 9.32. The molecule has 1 aromatic carbocycles. The summed E-state index contributed by atoms with van der Waals surface area (Å²) >= 11 is 0. The van der Waals surface area contributed by atoms with Gasteiger partial charge in [-0.1, -0.05) is 30.3 Å². The standard InChI is InChI=1S/C12H15F3O2/c1-9(11(16)12(13,14)15)17-8-7-10-5-3-2-4-6-10/h2-6,9,11,16H,7-8H2,1H3/t9-,11-/m0/s1/i8D/t8-,9+,11+/m1. The van der Waals surface area contributed by atoms with Crippen LogP contribution in [-0.2, 0) is 11.2 Å². The molecule has 0 fully saturated rings. The van der Waals surface area contributed by atoms with Gasteiger partial charge in [-0.3, -0.25) is 0 Å². The van der Waals surface area contributed by atoms with E-state index in [4.69, 9.17) is 11.2 Å². The van der Waals surface area contributed by atoms with Crippen molar-refractivity contribution < 1.29 is 24.4 Å². The van der Waals surface area contributed by atoms with Crippen molar-refractivity contribution in [3.8, 4) is 0 Å². The molecule has 0 aliphatic rings. The van der Waals surface area contributed by atoms with Crippen LogP contribution in [-0.4, -0.2) is 30.1 Å². The highest BCUT2D eigenvalue weighted by Crippen LogP contribution is 2.23. The summed E-state index contributed by atoms with van der Waals surface area (Å²) < 4.78 is 48.9. The summed E-state index contributed by atoms with van der Waals surface area (Å²) in [4.78, 5) is 0. The van der Waals surface area contributed by atoms with Gasteiger partial charge in [-0.15, -0.1) is 0 Å². The summed E-state index contributed by atoms with van der Waals surface area (Å²) in [6.45, 7) is -0.0376. The van der Waals surface area contributed by atoms with E-state index in [1.54, 1.807) is 30.3 Å². The molecule has 0 amide bonds. The summed E-state index contributed by atoms with van der Waals surface area (Å²) in [6.07, 6.45) is -8.58. The van der Waals surface area contributed by atoms with Crippen LogP contribution in [0.1, 0.15) is 13.9 Å². The van der Waals surface area contributed by atoms with Crippen molar-refractivity contribution >= 4 is 0 Å². The third kappa shape index (κ3) is 4.75. The predicted molar refractivity (Wildman–Crippen MR) is 57.6 cm³/mol. The Labute approximate surface area is 99.4 Å². The summed E-state index contributed by atoms with van der Waals surface area (Å²) in [7, 11) is 0. The Morgan fingerprint density at radius 2 is 1.94 bits per heavy atom. The van der Waals surface area contributed by atoms with Crippen molar-refractivity contribution in [1.29, 1.82) is 0 Å². The SMILES string of the molecule is [2H][C@H](Cc1ccccc1)O[C@@H](C)[C@H](O)C(F)(F)F. The van der Waals surface area contributed by atoms with E-state index < -0.39 is 25.0 Å². The monoisotopic (exact) mass is 249 g/mol. The lowest BCUT2D eigenvalue weighted by atomic mass is 10.1. The topological polar surface area (TPSA) is 29.5 Å². The highest BCUT2D eigenvalue weighted by atomic mass is 19.4. The lowest BCUT2D eigenvalue weighted by Gasteiger charge is -2.21. The number of aliphatic hydroxyl groups excluding tert-OH is 1. The molecule has 0 aromatic heterocycles. The second-order valence-electron chi connectivity index (χ2n) is 3.68. The second kappa shape index (κ2) is 6.02. The van der Waals surface area contributed by atoms with Crippen LogP contribution in [0.25, 0.3) is 0 Å². The second-order valence-corrected chi connectivity index (χ2v) is 3.68. The minimum Gasteiger partial charge on any atom is -0.381 e. The summed E-state index contributed by atoms with van der Waals surface area (Å²) in [5.74, 6) is 0. The van der Waals surface area contributed by atoms with E-state index in [0.717, 1.165) is 12.5 Å². The van der Waals surface area contributed by atoms with E-state index >= 15 is 0 Å². The molecule has 1 aromatic rings. The first-order chi connectivity index (χ1) is 8.30.